The van der Waals surface area contributed by atoms with E-state index in [1.807, 2.05) is 65.8 Å². The zero-order valence-electron chi connectivity index (χ0n) is 19.8. The number of piperidine rings is 1. The molecule has 4 rings (SSSR count). The Labute approximate surface area is 199 Å². The fourth-order valence-corrected chi connectivity index (χ4v) is 5.45. The molecule has 0 bridgehead atoms. The van der Waals surface area contributed by atoms with Crippen LogP contribution in [0.4, 0.5) is 5.69 Å². The van der Waals surface area contributed by atoms with Crippen molar-refractivity contribution in [3.05, 3.63) is 53.6 Å². The molecule has 0 radical (unpaired) electrons. The van der Waals surface area contributed by atoms with Crippen molar-refractivity contribution in [2.75, 3.05) is 11.1 Å². The third-order valence-corrected chi connectivity index (χ3v) is 7.37. The summed E-state index contributed by atoms with van der Waals surface area (Å²) in [4.78, 5) is 32.8. The molecule has 6 nitrogen and oxygen atoms in total. The lowest BCUT2D eigenvalue weighted by atomic mass is 9.97. The van der Waals surface area contributed by atoms with Gasteiger partial charge in [0.2, 0.25) is 11.8 Å². The number of aromatic nitrogens is 2. The molecule has 33 heavy (non-hydrogen) atoms. The van der Waals surface area contributed by atoms with E-state index >= 15 is 0 Å². The van der Waals surface area contributed by atoms with Gasteiger partial charge in [0, 0.05) is 17.8 Å². The summed E-state index contributed by atoms with van der Waals surface area (Å²) in [5, 5.41) is 3.70. The number of likely N-dealkylation sites (tertiary alicyclic amines) is 1. The number of nitrogens with one attached hydrogen (secondary N) is 1. The zero-order valence-corrected chi connectivity index (χ0v) is 20.6. The highest BCUT2D eigenvalue weighted by molar-refractivity contribution is 7.99. The summed E-state index contributed by atoms with van der Waals surface area (Å²) in [6.07, 6.45) is 3.25. The number of benzene rings is 2. The largest absolute Gasteiger partial charge is 0.336 e. The highest BCUT2D eigenvalue weighted by Crippen LogP contribution is 2.27. The molecule has 0 saturated carbocycles. The number of amides is 2. The van der Waals surface area contributed by atoms with Crippen molar-refractivity contribution in [1.82, 2.24) is 14.5 Å². The van der Waals surface area contributed by atoms with E-state index in [1.54, 1.807) is 0 Å². The predicted molar refractivity (Wildman–Crippen MR) is 135 cm³/mol. The number of fused-ring (bicyclic) bond motifs is 1. The van der Waals surface area contributed by atoms with Gasteiger partial charge in [0.15, 0.2) is 5.16 Å². The summed E-state index contributed by atoms with van der Waals surface area (Å²) >= 11 is 1.37. The van der Waals surface area contributed by atoms with Crippen molar-refractivity contribution in [3.8, 4) is 0 Å². The predicted octanol–water partition coefficient (Wildman–Crippen LogP) is 5.17. The third-order valence-electron chi connectivity index (χ3n) is 6.39. The second-order valence-electron chi connectivity index (χ2n) is 9.05. The minimum Gasteiger partial charge on any atom is -0.336 e. The molecule has 2 amide bonds. The molecule has 2 aromatic carbocycles. The number of carbonyl (C=O) groups excluding carboxylic acids is 2. The number of hydrogen-bond donors (Lipinski definition) is 1. The molecule has 2 atom stereocenters. The summed E-state index contributed by atoms with van der Waals surface area (Å²) in [6, 6.07) is 14.3. The molecule has 0 unspecified atom stereocenters. The molecule has 174 valence electrons. The molecule has 1 aromatic heterocycles. The fraction of sp³-hybridized carbons (Fsp3) is 0.423. The number of rotatable bonds is 6. The summed E-state index contributed by atoms with van der Waals surface area (Å²) in [5.41, 5.74) is 4.71. The van der Waals surface area contributed by atoms with E-state index in [0.29, 0.717) is 5.16 Å². The van der Waals surface area contributed by atoms with Gasteiger partial charge in [-0.25, -0.2) is 4.98 Å². The molecule has 3 aromatic rings. The van der Waals surface area contributed by atoms with Crippen LogP contribution < -0.4 is 5.32 Å². The fourth-order valence-electron chi connectivity index (χ4n) is 4.63. The number of nitrogens with zero attached hydrogens (tertiary/aromatic N) is 3. The van der Waals surface area contributed by atoms with Crippen LogP contribution in [0.3, 0.4) is 0 Å². The van der Waals surface area contributed by atoms with Crippen LogP contribution >= 0.6 is 11.8 Å². The minimum absolute atomic E-state index is 0.0862. The standard InChI is InChI=1S/C26H32N4O2S/c1-17-12-13-18(2)22(14-17)27-24(31)16-33-26-28-21-10-5-6-11-23(21)29(26)15-25(32)30-19(3)8-7-9-20(30)4/h5-6,10-14,19-20H,7-9,15-16H2,1-4H3,(H,27,31)/t19-,20-/m1/s1. The molecule has 2 heterocycles. The van der Waals surface area contributed by atoms with Crippen LogP contribution in [0.25, 0.3) is 11.0 Å². The smallest absolute Gasteiger partial charge is 0.243 e. The molecule has 0 spiro atoms. The van der Waals surface area contributed by atoms with Crippen molar-refractivity contribution in [3.63, 3.8) is 0 Å². The van der Waals surface area contributed by atoms with Crippen LogP contribution in [0.15, 0.2) is 47.6 Å². The Morgan fingerprint density at radius 2 is 1.82 bits per heavy atom. The summed E-state index contributed by atoms with van der Waals surface area (Å²) in [5.74, 6) is 0.248. The van der Waals surface area contributed by atoms with Crippen molar-refractivity contribution < 1.29 is 9.59 Å². The van der Waals surface area contributed by atoms with Crippen LogP contribution in [0, 0.1) is 13.8 Å². The summed E-state index contributed by atoms with van der Waals surface area (Å²) < 4.78 is 1.96. The Morgan fingerprint density at radius 1 is 1.09 bits per heavy atom. The van der Waals surface area contributed by atoms with Crippen molar-refractivity contribution in [1.29, 1.82) is 0 Å². The van der Waals surface area contributed by atoms with Crippen molar-refractivity contribution in [2.24, 2.45) is 0 Å². The first-order valence-electron chi connectivity index (χ1n) is 11.6. The average Bonchev–Trinajstić information content (AvgIpc) is 3.12. The Morgan fingerprint density at radius 3 is 2.58 bits per heavy atom. The van der Waals surface area contributed by atoms with Gasteiger partial charge in [-0.1, -0.05) is 36.0 Å². The Balaban J connectivity index is 1.52. The Kier molecular flexibility index (Phi) is 7.08. The van der Waals surface area contributed by atoms with E-state index in [0.717, 1.165) is 47.1 Å². The van der Waals surface area contributed by atoms with Crippen molar-refractivity contribution >= 4 is 40.3 Å². The Hall–Kier alpha value is -2.80. The van der Waals surface area contributed by atoms with Gasteiger partial charge in [-0.2, -0.15) is 0 Å². The maximum absolute atomic E-state index is 13.3. The molecule has 1 aliphatic heterocycles. The number of para-hydroxylation sites is 2. The van der Waals surface area contributed by atoms with E-state index < -0.39 is 0 Å². The second kappa shape index (κ2) is 10.00. The third kappa shape index (κ3) is 5.24. The highest BCUT2D eigenvalue weighted by Gasteiger charge is 2.29. The topological polar surface area (TPSA) is 67.2 Å². The van der Waals surface area contributed by atoms with Crippen LogP contribution in [0.2, 0.25) is 0 Å². The van der Waals surface area contributed by atoms with E-state index in [-0.39, 0.29) is 36.2 Å². The van der Waals surface area contributed by atoms with Gasteiger partial charge >= 0.3 is 0 Å². The number of anilines is 1. The van der Waals surface area contributed by atoms with Crippen LogP contribution in [0.1, 0.15) is 44.2 Å². The normalized spacial score (nSPS) is 18.5. The number of aryl methyl sites for hydroxylation is 2. The quantitative estimate of drug-likeness (QED) is 0.511. The SMILES string of the molecule is Cc1ccc(C)c(NC(=O)CSc2nc3ccccc3n2CC(=O)N2[C@H](C)CCC[C@H]2C)c1. The van der Waals surface area contributed by atoms with Gasteiger partial charge < -0.3 is 14.8 Å². The Bertz CT molecular complexity index is 1160. The number of hydrogen-bond acceptors (Lipinski definition) is 4. The lowest BCUT2D eigenvalue weighted by Crippen LogP contribution is -2.48. The molecular weight excluding hydrogens is 432 g/mol. The summed E-state index contributed by atoms with van der Waals surface area (Å²) in [7, 11) is 0. The molecule has 7 heteroatoms. The second-order valence-corrected chi connectivity index (χ2v) is 10.00. The maximum Gasteiger partial charge on any atom is 0.243 e. The first-order chi connectivity index (χ1) is 15.8. The van der Waals surface area contributed by atoms with Gasteiger partial charge in [0.1, 0.15) is 6.54 Å². The first-order valence-corrected chi connectivity index (χ1v) is 12.6. The highest BCUT2D eigenvalue weighted by atomic mass is 32.2. The van der Waals surface area contributed by atoms with Crippen LogP contribution in [-0.2, 0) is 16.1 Å². The van der Waals surface area contributed by atoms with Gasteiger partial charge in [0.25, 0.3) is 0 Å². The van der Waals surface area contributed by atoms with Crippen molar-refractivity contribution in [2.45, 2.75) is 70.7 Å². The molecule has 0 aliphatic carbocycles. The number of carbonyl (C=O) groups is 2. The monoisotopic (exact) mass is 464 g/mol. The van der Waals surface area contributed by atoms with Crippen LogP contribution in [0.5, 0.6) is 0 Å². The number of imidazole rings is 1. The van der Waals surface area contributed by atoms with E-state index in [9.17, 15) is 9.59 Å². The molecular formula is C26H32N4O2S. The van der Waals surface area contributed by atoms with Crippen LogP contribution in [-0.4, -0.2) is 44.1 Å². The average molecular weight is 465 g/mol. The number of thioether (sulfide) groups is 1. The first kappa shape index (κ1) is 23.4. The zero-order chi connectivity index (χ0) is 23.5. The lowest BCUT2D eigenvalue weighted by molar-refractivity contribution is -0.138. The van der Waals surface area contributed by atoms with Gasteiger partial charge in [0.05, 0.1) is 16.8 Å². The van der Waals surface area contributed by atoms with E-state index in [1.165, 1.54) is 11.8 Å². The van der Waals surface area contributed by atoms with E-state index in [4.69, 9.17) is 4.98 Å². The maximum atomic E-state index is 13.3. The van der Waals surface area contributed by atoms with Gasteiger partial charge in [-0.05, 0) is 76.3 Å². The van der Waals surface area contributed by atoms with Gasteiger partial charge in [-0.15, -0.1) is 0 Å². The summed E-state index contributed by atoms with van der Waals surface area (Å²) in [6.45, 7) is 8.49. The molecule has 1 saturated heterocycles. The molecule has 1 N–H and O–H groups in total. The van der Waals surface area contributed by atoms with Gasteiger partial charge in [-0.3, -0.25) is 9.59 Å². The molecule has 1 fully saturated rings. The lowest BCUT2D eigenvalue weighted by Gasteiger charge is -2.39. The molecule has 1 aliphatic rings. The van der Waals surface area contributed by atoms with E-state index in [2.05, 4.69) is 19.2 Å². The minimum atomic E-state index is -0.0862.